The van der Waals surface area contributed by atoms with E-state index in [9.17, 15) is 4.79 Å². The molecule has 0 unspecified atom stereocenters. The van der Waals surface area contributed by atoms with Crippen molar-refractivity contribution in [2.24, 2.45) is 0 Å². The summed E-state index contributed by atoms with van der Waals surface area (Å²) < 4.78 is 5.39. The molecule has 2 aromatic rings. The quantitative estimate of drug-likeness (QED) is 0.922. The number of pyridine rings is 1. The highest BCUT2D eigenvalue weighted by Gasteiger charge is 2.17. The first-order chi connectivity index (χ1) is 10.9. The van der Waals surface area contributed by atoms with E-state index in [4.69, 9.17) is 4.74 Å². The van der Waals surface area contributed by atoms with Crippen LogP contribution in [0.3, 0.4) is 0 Å². The van der Waals surface area contributed by atoms with Crippen LogP contribution in [0.15, 0.2) is 42.7 Å². The Morgan fingerprint density at radius 3 is 2.65 bits per heavy atom. The van der Waals surface area contributed by atoms with Crippen molar-refractivity contribution in [3.05, 3.63) is 59.4 Å². The smallest absolute Gasteiger partial charge is 0.224 e. The molecule has 0 aliphatic carbocycles. The molecule has 2 rings (SSSR count). The van der Waals surface area contributed by atoms with Crippen LogP contribution in [0.1, 0.15) is 37.5 Å². The predicted molar refractivity (Wildman–Crippen MR) is 91.5 cm³/mol. The summed E-state index contributed by atoms with van der Waals surface area (Å²) >= 11 is 0. The van der Waals surface area contributed by atoms with Crippen molar-refractivity contribution < 1.29 is 9.53 Å². The minimum absolute atomic E-state index is 0.0294. The summed E-state index contributed by atoms with van der Waals surface area (Å²) in [5.74, 6) is 0.716. The normalized spacial score (nSPS) is 11.1. The van der Waals surface area contributed by atoms with Gasteiger partial charge in [-0.25, -0.2) is 0 Å². The van der Waals surface area contributed by atoms with E-state index in [1.807, 2.05) is 18.2 Å². The maximum absolute atomic E-state index is 12.2. The van der Waals surface area contributed by atoms with Crippen molar-refractivity contribution in [3.8, 4) is 5.75 Å². The van der Waals surface area contributed by atoms with E-state index in [1.54, 1.807) is 19.5 Å². The topological polar surface area (TPSA) is 51.2 Å². The number of benzene rings is 1. The second-order valence-corrected chi connectivity index (χ2v) is 6.59. The molecule has 4 nitrogen and oxygen atoms in total. The van der Waals surface area contributed by atoms with Crippen molar-refractivity contribution in [1.82, 2.24) is 10.3 Å². The lowest BCUT2D eigenvalue weighted by Crippen LogP contribution is -2.25. The van der Waals surface area contributed by atoms with Crippen molar-refractivity contribution in [2.45, 2.75) is 39.2 Å². The van der Waals surface area contributed by atoms with Gasteiger partial charge in [-0.2, -0.15) is 0 Å². The molecule has 0 aliphatic heterocycles. The first-order valence-electron chi connectivity index (χ1n) is 7.73. The molecule has 0 fully saturated rings. The average molecular weight is 312 g/mol. The van der Waals surface area contributed by atoms with Gasteiger partial charge < -0.3 is 10.1 Å². The lowest BCUT2D eigenvalue weighted by Gasteiger charge is -2.21. The number of amides is 1. The summed E-state index contributed by atoms with van der Waals surface area (Å²) in [4.78, 5) is 16.3. The zero-order valence-corrected chi connectivity index (χ0v) is 14.2. The Morgan fingerprint density at radius 1 is 1.26 bits per heavy atom. The van der Waals surface area contributed by atoms with Gasteiger partial charge in [-0.05, 0) is 28.7 Å². The maximum atomic E-state index is 12.2. The molecule has 1 heterocycles. The highest BCUT2D eigenvalue weighted by atomic mass is 16.5. The number of nitrogens with one attached hydrogen (secondary N) is 1. The Bertz CT molecular complexity index is 661. The maximum Gasteiger partial charge on any atom is 0.224 e. The standard InChI is InChI=1S/C19H24N2O2/c1-19(2,3)16-7-8-17(23-4)15(10-16)11-18(22)21-13-14-6-5-9-20-12-14/h5-10,12H,11,13H2,1-4H3,(H,21,22). The van der Waals surface area contributed by atoms with Gasteiger partial charge in [0.1, 0.15) is 5.75 Å². The molecule has 1 aromatic carbocycles. The molecule has 0 bridgehead atoms. The summed E-state index contributed by atoms with van der Waals surface area (Å²) in [6.07, 6.45) is 3.77. The van der Waals surface area contributed by atoms with Gasteiger partial charge in [0.2, 0.25) is 5.91 Å². The van der Waals surface area contributed by atoms with Crippen molar-refractivity contribution in [2.75, 3.05) is 7.11 Å². The van der Waals surface area contributed by atoms with Crippen LogP contribution in [0.2, 0.25) is 0 Å². The number of carbonyl (C=O) groups is 1. The van der Waals surface area contributed by atoms with E-state index < -0.39 is 0 Å². The van der Waals surface area contributed by atoms with E-state index in [-0.39, 0.29) is 11.3 Å². The summed E-state index contributed by atoms with van der Waals surface area (Å²) in [6, 6.07) is 9.84. The molecule has 23 heavy (non-hydrogen) atoms. The van der Waals surface area contributed by atoms with E-state index in [0.717, 1.165) is 16.9 Å². The molecular weight excluding hydrogens is 288 g/mol. The second-order valence-electron chi connectivity index (χ2n) is 6.59. The molecule has 1 N–H and O–H groups in total. The van der Waals surface area contributed by atoms with Crippen LogP contribution < -0.4 is 10.1 Å². The third kappa shape index (κ3) is 4.81. The largest absolute Gasteiger partial charge is 0.496 e. The molecule has 0 atom stereocenters. The number of hydrogen-bond acceptors (Lipinski definition) is 3. The van der Waals surface area contributed by atoms with Crippen LogP contribution in [0, 0.1) is 0 Å². The molecule has 0 saturated heterocycles. The van der Waals surface area contributed by atoms with Crippen LogP contribution in [0.5, 0.6) is 5.75 Å². The van der Waals surface area contributed by atoms with Gasteiger partial charge in [0.15, 0.2) is 0 Å². The first-order valence-corrected chi connectivity index (χ1v) is 7.73. The van der Waals surface area contributed by atoms with Gasteiger partial charge in [-0.3, -0.25) is 9.78 Å². The molecule has 122 valence electrons. The second kappa shape index (κ2) is 7.27. The zero-order valence-electron chi connectivity index (χ0n) is 14.2. The van der Waals surface area contributed by atoms with Crippen LogP contribution in [0.4, 0.5) is 0 Å². The molecule has 0 aliphatic rings. The molecule has 1 aromatic heterocycles. The van der Waals surface area contributed by atoms with Gasteiger partial charge in [0, 0.05) is 24.5 Å². The highest BCUT2D eigenvalue weighted by Crippen LogP contribution is 2.28. The Kier molecular flexibility index (Phi) is 5.37. The lowest BCUT2D eigenvalue weighted by molar-refractivity contribution is -0.120. The van der Waals surface area contributed by atoms with Crippen molar-refractivity contribution >= 4 is 5.91 Å². The van der Waals surface area contributed by atoms with Gasteiger partial charge in [-0.1, -0.05) is 39.0 Å². The van der Waals surface area contributed by atoms with Gasteiger partial charge in [-0.15, -0.1) is 0 Å². The molecular formula is C19H24N2O2. The van der Waals surface area contributed by atoms with Crippen molar-refractivity contribution in [1.29, 1.82) is 0 Å². The predicted octanol–water partition coefficient (Wildman–Crippen LogP) is 3.25. The molecule has 0 spiro atoms. The number of ether oxygens (including phenoxy) is 1. The third-order valence-electron chi connectivity index (χ3n) is 3.71. The Balaban J connectivity index is 2.07. The number of aromatic nitrogens is 1. The van der Waals surface area contributed by atoms with E-state index in [2.05, 4.69) is 43.2 Å². The van der Waals surface area contributed by atoms with Gasteiger partial charge in [0.05, 0.1) is 13.5 Å². The summed E-state index contributed by atoms with van der Waals surface area (Å²) in [5, 5.41) is 2.92. The molecule has 1 amide bonds. The van der Waals surface area contributed by atoms with E-state index in [1.165, 1.54) is 5.56 Å². The fourth-order valence-electron chi connectivity index (χ4n) is 2.32. The molecule has 0 radical (unpaired) electrons. The van der Waals surface area contributed by atoms with Gasteiger partial charge >= 0.3 is 0 Å². The lowest BCUT2D eigenvalue weighted by atomic mass is 9.85. The fourth-order valence-corrected chi connectivity index (χ4v) is 2.32. The minimum atomic E-state index is -0.0294. The molecule has 4 heteroatoms. The van der Waals surface area contributed by atoms with Crippen LogP contribution >= 0.6 is 0 Å². The molecule has 0 saturated carbocycles. The number of carbonyl (C=O) groups excluding carboxylic acids is 1. The van der Waals surface area contributed by atoms with Gasteiger partial charge in [0.25, 0.3) is 0 Å². The zero-order chi connectivity index (χ0) is 16.9. The minimum Gasteiger partial charge on any atom is -0.496 e. The van der Waals surface area contributed by atoms with E-state index in [0.29, 0.717) is 13.0 Å². The summed E-state index contributed by atoms with van der Waals surface area (Å²) in [7, 11) is 1.63. The summed E-state index contributed by atoms with van der Waals surface area (Å²) in [6.45, 7) is 6.94. The van der Waals surface area contributed by atoms with Crippen LogP contribution in [-0.4, -0.2) is 18.0 Å². The van der Waals surface area contributed by atoms with E-state index >= 15 is 0 Å². The fraction of sp³-hybridized carbons (Fsp3) is 0.368. The number of rotatable bonds is 5. The first kappa shape index (κ1) is 17.0. The van der Waals surface area contributed by atoms with Crippen molar-refractivity contribution in [3.63, 3.8) is 0 Å². The Labute approximate surface area is 137 Å². The summed E-state index contributed by atoms with van der Waals surface area (Å²) in [5.41, 5.74) is 3.11. The SMILES string of the molecule is COc1ccc(C(C)(C)C)cc1CC(=O)NCc1cccnc1. The number of hydrogen-bond donors (Lipinski definition) is 1. The average Bonchev–Trinajstić information content (AvgIpc) is 2.53. The number of methoxy groups -OCH3 is 1. The monoisotopic (exact) mass is 312 g/mol. The van der Waals surface area contributed by atoms with Crippen LogP contribution in [0.25, 0.3) is 0 Å². The van der Waals surface area contributed by atoms with Crippen LogP contribution in [-0.2, 0) is 23.2 Å². The number of nitrogens with zero attached hydrogens (tertiary/aromatic N) is 1. The Morgan fingerprint density at radius 2 is 2.04 bits per heavy atom. The third-order valence-corrected chi connectivity index (χ3v) is 3.71. The Hall–Kier alpha value is -2.36. The highest BCUT2D eigenvalue weighted by molar-refractivity contribution is 5.79.